The molecule has 0 unspecified atom stereocenters. The molecule has 186 valence electrons. The third-order valence-electron chi connectivity index (χ3n) is 5.66. The van der Waals surface area contributed by atoms with Gasteiger partial charge in [-0.25, -0.2) is 4.79 Å². The zero-order chi connectivity index (χ0) is 25.6. The van der Waals surface area contributed by atoms with Crippen molar-refractivity contribution in [3.05, 3.63) is 35.4 Å². The quantitative estimate of drug-likeness (QED) is 0.229. The highest BCUT2D eigenvalue weighted by molar-refractivity contribution is 6.35. The van der Waals surface area contributed by atoms with E-state index in [4.69, 9.17) is 15.9 Å². The van der Waals surface area contributed by atoms with Gasteiger partial charge in [0.15, 0.2) is 0 Å². The normalized spacial score (nSPS) is 15.5. The average molecular weight is 473 g/mol. The highest BCUT2D eigenvalue weighted by atomic mass is 16.5. The zero-order valence-electron chi connectivity index (χ0n) is 20.6. The van der Waals surface area contributed by atoms with Crippen molar-refractivity contribution in [2.24, 2.45) is 17.1 Å². The number of carbonyl (C=O) groups excluding carboxylic acids is 4. The number of nitrogens with one attached hydrogen (secondary N) is 2. The van der Waals surface area contributed by atoms with Crippen LogP contribution in [-0.2, 0) is 19.1 Å². The van der Waals surface area contributed by atoms with Crippen LogP contribution in [0, 0.1) is 16.7 Å². The highest BCUT2D eigenvalue weighted by Crippen LogP contribution is 2.20. The minimum absolute atomic E-state index is 0.0864. The van der Waals surface area contributed by atoms with Crippen molar-refractivity contribution in [2.45, 2.75) is 66.0 Å². The van der Waals surface area contributed by atoms with Crippen LogP contribution in [0.25, 0.3) is 0 Å². The van der Waals surface area contributed by atoms with Crippen LogP contribution in [0.3, 0.4) is 0 Å². The van der Waals surface area contributed by atoms with Crippen LogP contribution in [0.4, 0.5) is 0 Å². The van der Waals surface area contributed by atoms with Gasteiger partial charge in [0.2, 0.25) is 11.7 Å². The number of piperidine rings is 1. The van der Waals surface area contributed by atoms with Crippen LogP contribution in [0.1, 0.15) is 69.8 Å². The Morgan fingerprint density at radius 1 is 1.09 bits per heavy atom. The van der Waals surface area contributed by atoms with E-state index in [9.17, 15) is 19.2 Å². The Labute approximate surface area is 200 Å². The van der Waals surface area contributed by atoms with Gasteiger partial charge in [0.05, 0.1) is 0 Å². The number of nitrogens with two attached hydrogens (primary N) is 1. The Kier molecular flexibility index (Phi) is 8.95. The summed E-state index contributed by atoms with van der Waals surface area (Å²) in [6.45, 7) is 9.70. The molecule has 1 fully saturated rings. The van der Waals surface area contributed by atoms with Crippen molar-refractivity contribution in [1.29, 1.82) is 5.41 Å². The third kappa shape index (κ3) is 7.40. The molecule has 4 N–H and O–H groups in total. The number of Topliss-reactive ketones (excluding diaryl/α,β-unsaturated/α-hetero) is 1. The maximum absolute atomic E-state index is 13.2. The summed E-state index contributed by atoms with van der Waals surface area (Å²) < 4.78 is 5.36. The number of amidine groups is 1. The Balaban J connectivity index is 1.99. The van der Waals surface area contributed by atoms with Crippen LogP contribution in [-0.4, -0.2) is 59.5 Å². The van der Waals surface area contributed by atoms with Gasteiger partial charge in [0, 0.05) is 42.5 Å². The summed E-state index contributed by atoms with van der Waals surface area (Å²) in [6.07, 6.45) is 0.930. The first-order valence-electron chi connectivity index (χ1n) is 11.6. The van der Waals surface area contributed by atoms with Crippen LogP contribution >= 0.6 is 0 Å². The van der Waals surface area contributed by atoms with Crippen molar-refractivity contribution in [3.8, 4) is 0 Å². The van der Waals surface area contributed by atoms with E-state index in [1.54, 1.807) is 49.9 Å². The Morgan fingerprint density at radius 3 is 2.09 bits per heavy atom. The lowest BCUT2D eigenvalue weighted by Crippen LogP contribution is -2.52. The summed E-state index contributed by atoms with van der Waals surface area (Å²) in [5, 5.41) is 10.3. The van der Waals surface area contributed by atoms with Crippen LogP contribution in [0.5, 0.6) is 0 Å². The summed E-state index contributed by atoms with van der Waals surface area (Å²) in [7, 11) is 0. The van der Waals surface area contributed by atoms with Crippen LogP contribution in [0.2, 0.25) is 0 Å². The third-order valence-corrected chi connectivity index (χ3v) is 5.66. The number of amides is 2. The van der Waals surface area contributed by atoms with Crippen LogP contribution in [0.15, 0.2) is 24.3 Å². The predicted molar refractivity (Wildman–Crippen MR) is 128 cm³/mol. The molecule has 1 aliphatic rings. The maximum Gasteiger partial charge on any atom is 0.375 e. The number of hydrogen-bond acceptors (Lipinski definition) is 6. The van der Waals surface area contributed by atoms with Gasteiger partial charge >= 0.3 is 5.97 Å². The molecule has 1 aromatic carbocycles. The number of likely N-dealkylation sites (tertiary alicyclic amines) is 1. The molecule has 1 heterocycles. The molecule has 9 heteroatoms. The molecule has 1 aromatic rings. The number of ketones is 1. The standard InChI is InChI=1S/C25H36N4O5/c1-15(2)14-19(28-22(31)17-8-6-16(7-9-17)21(26)27)23(32)29-12-10-18(11-13-29)34-24(33)20(30)25(3,4)5/h6-9,15,18-19H,10-14H2,1-5H3,(H3,26,27)(H,28,31)/t19-/m0/s1. The van der Waals surface area contributed by atoms with Crippen LogP contribution < -0.4 is 11.1 Å². The lowest BCUT2D eigenvalue weighted by atomic mass is 9.91. The molecule has 0 aromatic heterocycles. The molecule has 1 atom stereocenters. The monoisotopic (exact) mass is 472 g/mol. The number of carbonyl (C=O) groups is 4. The predicted octanol–water partition coefficient (Wildman–Crippen LogP) is 2.26. The summed E-state index contributed by atoms with van der Waals surface area (Å²) in [5.74, 6) is -1.87. The van der Waals surface area contributed by atoms with Gasteiger partial charge in [0.25, 0.3) is 5.91 Å². The fourth-order valence-corrected chi connectivity index (χ4v) is 3.66. The zero-order valence-corrected chi connectivity index (χ0v) is 20.6. The summed E-state index contributed by atoms with van der Waals surface area (Å²) >= 11 is 0. The molecule has 2 rings (SSSR count). The highest BCUT2D eigenvalue weighted by Gasteiger charge is 2.34. The van der Waals surface area contributed by atoms with E-state index < -0.39 is 29.3 Å². The SMILES string of the molecule is CC(C)C[C@H](NC(=O)c1ccc(C(=N)N)cc1)C(=O)N1CCC(OC(=O)C(=O)C(C)(C)C)CC1. The van der Waals surface area contributed by atoms with Gasteiger partial charge in [-0.05, 0) is 24.5 Å². The van der Waals surface area contributed by atoms with Gasteiger partial charge < -0.3 is 20.7 Å². The Morgan fingerprint density at radius 2 is 1.62 bits per heavy atom. The van der Waals surface area contributed by atoms with Gasteiger partial charge in [-0.1, -0.05) is 46.8 Å². The molecule has 0 spiro atoms. The molecule has 34 heavy (non-hydrogen) atoms. The molecule has 0 bridgehead atoms. The largest absolute Gasteiger partial charge is 0.456 e. The lowest BCUT2D eigenvalue weighted by molar-refractivity contribution is -0.163. The first-order valence-corrected chi connectivity index (χ1v) is 11.6. The first-order chi connectivity index (χ1) is 15.8. The molecular weight excluding hydrogens is 436 g/mol. The summed E-state index contributed by atoms with van der Waals surface area (Å²) in [6, 6.07) is 5.63. The molecule has 1 saturated heterocycles. The number of nitrogen functional groups attached to an aromatic ring is 1. The number of rotatable bonds is 8. The number of esters is 1. The van der Waals surface area contributed by atoms with E-state index in [1.165, 1.54) is 0 Å². The first kappa shape index (κ1) is 27.0. The molecule has 2 amide bonds. The van der Waals surface area contributed by atoms with Gasteiger partial charge in [-0.2, -0.15) is 0 Å². The van der Waals surface area contributed by atoms with E-state index in [0.717, 1.165) is 0 Å². The maximum atomic E-state index is 13.2. The number of benzene rings is 1. The number of nitrogens with zero attached hydrogens (tertiary/aromatic N) is 1. The van der Waals surface area contributed by atoms with Crippen molar-refractivity contribution in [2.75, 3.05) is 13.1 Å². The van der Waals surface area contributed by atoms with Crippen molar-refractivity contribution in [3.63, 3.8) is 0 Å². The number of ether oxygens (including phenoxy) is 1. The van der Waals surface area contributed by atoms with Crippen molar-refractivity contribution < 1.29 is 23.9 Å². The molecule has 0 radical (unpaired) electrons. The molecule has 0 saturated carbocycles. The summed E-state index contributed by atoms with van der Waals surface area (Å²) in [4.78, 5) is 51.8. The van der Waals surface area contributed by atoms with E-state index >= 15 is 0 Å². The van der Waals surface area contributed by atoms with Gasteiger partial charge in [0.1, 0.15) is 18.0 Å². The van der Waals surface area contributed by atoms with Gasteiger partial charge in [-0.15, -0.1) is 0 Å². The fraction of sp³-hybridized carbons (Fsp3) is 0.560. The minimum Gasteiger partial charge on any atom is -0.456 e. The molecule has 0 aliphatic carbocycles. The second kappa shape index (κ2) is 11.3. The molecule has 1 aliphatic heterocycles. The average Bonchev–Trinajstić information content (AvgIpc) is 2.77. The van der Waals surface area contributed by atoms with E-state index in [2.05, 4.69) is 5.32 Å². The van der Waals surface area contributed by atoms with E-state index in [1.807, 2.05) is 13.8 Å². The minimum atomic E-state index is -0.835. The fourth-order valence-electron chi connectivity index (χ4n) is 3.66. The Bertz CT molecular complexity index is 926. The second-order valence-corrected chi connectivity index (χ2v) is 10.2. The lowest BCUT2D eigenvalue weighted by Gasteiger charge is -2.34. The molecular formula is C25H36N4O5. The molecule has 9 nitrogen and oxygen atoms in total. The smallest absolute Gasteiger partial charge is 0.375 e. The second-order valence-electron chi connectivity index (χ2n) is 10.2. The number of hydrogen-bond donors (Lipinski definition) is 3. The van der Waals surface area contributed by atoms with Gasteiger partial charge in [-0.3, -0.25) is 19.8 Å². The Hall–Kier alpha value is -3.23. The van der Waals surface area contributed by atoms with Crippen molar-refractivity contribution >= 4 is 29.4 Å². The van der Waals surface area contributed by atoms with E-state index in [0.29, 0.717) is 43.5 Å². The van der Waals surface area contributed by atoms with Crippen molar-refractivity contribution in [1.82, 2.24) is 10.2 Å². The van der Waals surface area contributed by atoms with E-state index in [-0.39, 0.29) is 23.6 Å². The summed E-state index contributed by atoms with van der Waals surface area (Å²) in [5.41, 5.74) is 5.54. The topological polar surface area (TPSA) is 143 Å².